The van der Waals surface area contributed by atoms with Crippen LogP contribution in [-0.2, 0) is 14.9 Å². The van der Waals surface area contributed by atoms with E-state index in [9.17, 15) is 9.59 Å². The molecule has 4 nitrogen and oxygen atoms in total. The largest absolute Gasteiger partial charge is 0.494 e. The Morgan fingerprint density at radius 2 is 1.70 bits per heavy atom. The molecule has 0 heterocycles. The fourth-order valence-electron chi connectivity index (χ4n) is 1.73. The van der Waals surface area contributed by atoms with Crippen molar-refractivity contribution in [2.75, 3.05) is 13.2 Å². The molecule has 0 fully saturated rings. The molecule has 20 heavy (non-hydrogen) atoms. The molecule has 0 radical (unpaired) electrons. The quantitative estimate of drug-likeness (QED) is 0.472. The number of ketones is 1. The molecule has 0 saturated heterocycles. The molecule has 0 bridgehead atoms. The van der Waals surface area contributed by atoms with Gasteiger partial charge in [-0.3, -0.25) is 4.79 Å². The minimum Gasteiger partial charge on any atom is -0.494 e. The molecular weight excluding hydrogens is 256 g/mol. The topological polar surface area (TPSA) is 52.6 Å². The van der Waals surface area contributed by atoms with Crippen LogP contribution in [-0.4, -0.2) is 25.0 Å². The third kappa shape index (κ3) is 4.08. The summed E-state index contributed by atoms with van der Waals surface area (Å²) in [6, 6.07) is 5.20. The van der Waals surface area contributed by atoms with E-state index in [0.717, 1.165) is 5.56 Å². The van der Waals surface area contributed by atoms with Gasteiger partial charge in [-0.1, -0.05) is 20.8 Å². The number of carbonyl (C=O) groups excluding carboxylic acids is 2. The Morgan fingerprint density at radius 1 is 1.05 bits per heavy atom. The fourth-order valence-corrected chi connectivity index (χ4v) is 1.73. The summed E-state index contributed by atoms with van der Waals surface area (Å²) in [4.78, 5) is 23.6. The van der Waals surface area contributed by atoms with E-state index in [1.54, 1.807) is 19.1 Å². The Balaban J connectivity index is 3.21. The summed E-state index contributed by atoms with van der Waals surface area (Å²) < 4.78 is 10.2. The first-order valence-electron chi connectivity index (χ1n) is 6.79. The Morgan fingerprint density at radius 3 is 2.20 bits per heavy atom. The Hall–Kier alpha value is -1.84. The molecule has 1 aromatic rings. The lowest BCUT2D eigenvalue weighted by Crippen LogP contribution is -2.19. The monoisotopic (exact) mass is 278 g/mol. The summed E-state index contributed by atoms with van der Waals surface area (Å²) in [5.74, 6) is -0.882. The first-order chi connectivity index (χ1) is 9.29. The van der Waals surface area contributed by atoms with Crippen LogP contribution in [0.2, 0.25) is 0 Å². The highest BCUT2D eigenvalue weighted by molar-refractivity contribution is 6.40. The molecule has 1 aromatic carbocycles. The third-order valence-corrected chi connectivity index (χ3v) is 2.81. The number of Topliss-reactive ketones (excluding diaryl/α,β-unsaturated/α-hetero) is 1. The van der Waals surface area contributed by atoms with E-state index in [-0.39, 0.29) is 12.0 Å². The predicted molar refractivity (Wildman–Crippen MR) is 77.3 cm³/mol. The molecule has 0 atom stereocenters. The number of carbonyl (C=O) groups is 2. The van der Waals surface area contributed by atoms with Crippen LogP contribution in [0, 0.1) is 0 Å². The number of ether oxygens (including phenoxy) is 2. The van der Waals surface area contributed by atoms with Crippen molar-refractivity contribution in [3.05, 3.63) is 29.3 Å². The second-order valence-electron chi connectivity index (χ2n) is 5.48. The van der Waals surface area contributed by atoms with Crippen molar-refractivity contribution in [2.24, 2.45) is 0 Å². The lowest BCUT2D eigenvalue weighted by molar-refractivity contribution is -0.137. The van der Waals surface area contributed by atoms with Gasteiger partial charge in [-0.2, -0.15) is 0 Å². The van der Waals surface area contributed by atoms with E-state index in [2.05, 4.69) is 0 Å². The maximum absolute atomic E-state index is 12.0. The molecular formula is C16H22O4. The van der Waals surface area contributed by atoms with Crippen LogP contribution in [0.1, 0.15) is 50.5 Å². The van der Waals surface area contributed by atoms with Crippen molar-refractivity contribution in [1.82, 2.24) is 0 Å². The second-order valence-corrected chi connectivity index (χ2v) is 5.48. The van der Waals surface area contributed by atoms with Crippen molar-refractivity contribution in [3.8, 4) is 5.75 Å². The lowest BCUT2D eigenvalue weighted by atomic mass is 9.85. The van der Waals surface area contributed by atoms with Gasteiger partial charge < -0.3 is 9.47 Å². The van der Waals surface area contributed by atoms with Crippen LogP contribution in [0.15, 0.2) is 18.2 Å². The number of hydrogen-bond acceptors (Lipinski definition) is 4. The molecule has 0 aliphatic rings. The van der Waals surface area contributed by atoms with Gasteiger partial charge in [0.1, 0.15) is 5.75 Å². The first-order valence-corrected chi connectivity index (χ1v) is 6.79. The summed E-state index contributed by atoms with van der Waals surface area (Å²) in [7, 11) is 0. The Labute approximate surface area is 120 Å². The average Bonchev–Trinajstić information content (AvgIpc) is 2.37. The molecule has 0 aliphatic heterocycles. The predicted octanol–water partition coefficient (Wildman–Crippen LogP) is 3.13. The maximum Gasteiger partial charge on any atom is 0.379 e. The van der Waals surface area contributed by atoms with Crippen molar-refractivity contribution in [3.63, 3.8) is 0 Å². The molecule has 4 heteroatoms. The normalized spacial score (nSPS) is 11.1. The molecule has 0 aromatic heterocycles. The highest BCUT2D eigenvalue weighted by Gasteiger charge is 2.22. The minimum absolute atomic E-state index is 0.142. The molecule has 0 spiro atoms. The SMILES string of the molecule is CCOC(=O)C(=O)c1cc(OCC)cc(C(C)(C)C)c1. The van der Waals surface area contributed by atoms with E-state index >= 15 is 0 Å². The van der Waals surface area contributed by atoms with Crippen LogP contribution < -0.4 is 4.74 Å². The summed E-state index contributed by atoms with van der Waals surface area (Å²) in [6.45, 7) is 10.3. The zero-order valence-electron chi connectivity index (χ0n) is 12.8. The highest BCUT2D eigenvalue weighted by Crippen LogP contribution is 2.28. The van der Waals surface area contributed by atoms with Gasteiger partial charge in [-0.25, -0.2) is 4.79 Å². The summed E-state index contributed by atoms with van der Waals surface area (Å²) >= 11 is 0. The minimum atomic E-state index is -0.832. The molecule has 0 unspecified atom stereocenters. The molecule has 110 valence electrons. The molecule has 0 saturated carbocycles. The van der Waals surface area contributed by atoms with Gasteiger partial charge in [0.25, 0.3) is 5.78 Å². The fraction of sp³-hybridized carbons (Fsp3) is 0.500. The van der Waals surface area contributed by atoms with Crippen molar-refractivity contribution < 1.29 is 19.1 Å². The standard InChI is InChI=1S/C16H22O4/c1-6-19-13-9-11(14(17)15(18)20-7-2)8-12(10-13)16(3,4)5/h8-10H,6-7H2,1-5H3. The highest BCUT2D eigenvalue weighted by atomic mass is 16.5. The van der Waals surface area contributed by atoms with Crippen LogP contribution in [0.5, 0.6) is 5.75 Å². The van der Waals surface area contributed by atoms with Gasteiger partial charge in [0, 0.05) is 5.56 Å². The Bertz CT molecular complexity index is 498. The van der Waals surface area contributed by atoms with E-state index in [1.807, 2.05) is 33.8 Å². The number of esters is 1. The smallest absolute Gasteiger partial charge is 0.379 e. The van der Waals surface area contributed by atoms with Crippen LogP contribution in [0.25, 0.3) is 0 Å². The van der Waals surface area contributed by atoms with E-state index in [0.29, 0.717) is 17.9 Å². The Kier molecular flexibility index (Phi) is 5.31. The zero-order chi connectivity index (χ0) is 15.3. The van der Waals surface area contributed by atoms with Crippen molar-refractivity contribution in [2.45, 2.75) is 40.0 Å². The van der Waals surface area contributed by atoms with Gasteiger partial charge in [0.15, 0.2) is 0 Å². The number of hydrogen-bond donors (Lipinski definition) is 0. The molecule has 1 rings (SSSR count). The van der Waals surface area contributed by atoms with E-state index in [4.69, 9.17) is 9.47 Å². The number of rotatable bonds is 5. The lowest BCUT2D eigenvalue weighted by Gasteiger charge is -2.21. The van der Waals surface area contributed by atoms with Crippen LogP contribution >= 0.6 is 0 Å². The second kappa shape index (κ2) is 6.55. The molecule has 0 N–H and O–H groups in total. The van der Waals surface area contributed by atoms with Gasteiger partial charge in [-0.15, -0.1) is 0 Å². The zero-order valence-corrected chi connectivity index (χ0v) is 12.8. The summed E-state index contributed by atoms with van der Waals surface area (Å²) in [5, 5.41) is 0. The van der Waals surface area contributed by atoms with Crippen molar-refractivity contribution in [1.29, 1.82) is 0 Å². The summed E-state index contributed by atoms with van der Waals surface area (Å²) in [5.41, 5.74) is 1.10. The van der Waals surface area contributed by atoms with Gasteiger partial charge >= 0.3 is 5.97 Å². The molecule has 0 aliphatic carbocycles. The summed E-state index contributed by atoms with van der Waals surface area (Å²) in [6.07, 6.45) is 0. The van der Waals surface area contributed by atoms with Crippen LogP contribution in [0.4, 0.5) is 0 Å². The van der Waals surface area contributed by atoms with E-state index < -0.39 is 11.8 Å². The third-order valence-electron chi connectivity index (χ3n) is 2.81. The van der Waals surface area contributed by atoms with E-state index in [1.165, 1.54) is 0 Å². The van der Waals surface area contributed by atoms with Crippen LogP contribution in [0.3, 0.4) is 0 Å². The van der Waals surface area contributed by atoms with Crippen molar-refractivity contribution >= 4 is 11.8 Å². The molecule has 0 amide bonds. The average molecular weight is 278 g/mol. The first kappa shape index (κ1) is 16.2. The van der Waals surface area contributed by atoms with Gasteiger partial charge in [-0.05, 0) is 43.0 Å². The number of benzene rings is 1. The van der Waals surface area contributed by atoms with Gasteiger partial charge in [0.05, 0.1) is 13.2 Å². The van der Waals surface area contributed by atoms with Gasteiger partial charge in [0.2, 0.25) is 0 Å². The maximum atomic E-state index is 12.0.